The summed E-state index contributed by atoms with van der Waals surface area (Å²) in [5.74, 6) is 4.76. The molecule has 5 N–H and O–H groups in total. The Morgan fingerprint density at radius 2 is 1.81 bits per heavy atom. The highest BCUT2D eigenvalue weighted by Crippen LogP contribution is 2.66. The van der Waals surface area contributed by atoms with Crippen LogP contribution < -0.4 is 11.1 Å². The van der Waals surface area contributed by atoms with Gasteiger partial charge in [-0.05, 0) is 105 Å². The van der Waals surface area contributed by atoms with E-state index in [0.29, 0.717) is 23.6 Å². The van der Waals surface area contributed by atoms with E-state index in [0.717, 1.165) is 42.2 Å². The molecule has 0 spiro atoms. The zero-order chi connectivity index (χ0) is 23.1. The Morgan fingerprint density at radius 1 is 1.09 bits per heavy atom. The third-order valence-corrected chi connectivity index (χ3v) is 11.1. The van der Waals surface area contributed by atoms with Crippen LogP contribution in [0.1, 0.15) is 98.3 Å². The molecule has 4 heteroatoms. The normalized spacial score (nSPS) is 46.2. The van der Waals surface area contributed by atoms with Gasteiger partial charge >= 0.3 is 0 Å². The second-order valence-electron chi connectivity index (χ2n) is 12.8. The molecule has 4 aliphatic rings. The molecule has 4 rings (SSSR count). The number of hydrogen-bond donors (Lipinski definition) is 4. The summed E-state index contributed by atoms with van der Waals surface area (Å²) in [5.41, 5.74) is 6.19. The van der Waals surface area contributed by atoms with E-state index in [1.165, 1.54) is 64.2 Å². The van der Waals surface area contributed by atoms with Crippen molar-refractivity contribution in [1.29, 1.82) is 5.41 Å². The van der Waals surface area contributed by atoms with Crippen LogP contribution in [0, 0.1) is 51.7 Å². The van der Waals surface area contributed by atoms with Crippen molar-refractivity contribution in [1.82, 2.24) is 5.32 Å². The lowest BCUT2D eigenvalue weighted by Crippen LogP contribution is -2.59. The lowest BCUT2D eigenvalue weighted by Gasteiger charge is -2.64. The quantitative estimate of drug-likeness (QED) is 0.389. The maximum Gasteiger partial charge on any atom is 0.0824 e. The van der Waals surface area contributed by atoms with Crippen molar-refractivity contribution in [2.75, 3.05) is 6.54 Å². The van der Waals surface area contributed by atoms with Crippen molar-refractivity contribution in [3.63, 3.8) is 0 Å². The van der Waals surface area contributed by atoms with Crippen molar-refractivity contribution >= 4 is 6.21 Å². The Morgan fingerprint density at radius 3 is 2.53 bits per heavy atom. The van der Waals surface area contributed by atoms with Crippen molar-refractivity contribution in [2.24, 2.45) is 52.1 Å². The smallest absolute Gasteiger partial charge is 0.0824 e. The molecule has 0 heterocycles. The van der Waals surface area contributed by atoms with Gasteiger partial charge in [-0.3, -0.25) is 0 Å². The highest BCUT2D eigenvalue weighted by molar-refractivity contribution is 5.73. The highest BCUT2D eigenvalue weighted by Gasteiger charge is 2.60. The molecule has 32 heavy (non-hydrogen) atoms. The Balaban J connectivity index is 1.51. The molecule has 0 aromatic carbocycles. The van der Waals surface area contributed by atoms with E-state index < -0.39 is 5.60 Å². The molecule has 9 atom stereocenters. The summed E-state index contributed by atoms with van der Waals surface area (Å²) in [6.45, 7) is 10.1. The van der Waals surface area contributed by atoms with Crippen molar-refractivity contribution < 1.29 is 5.11 Å². The molecule has 0 bridgehead atoms. The lowest BCUT2D eigenvalue weighted by atomic mass is 9.41. The molecule has 4 nitrogen and oxygen atoms in total. The summed E-state index contributed by atoms with van der Waals surface area (Å²) < 4.78 is 0. The molecule has 4 aliphatic carbocycles. The van der Waals surface area contributed by atoms with Gasteiger partial charge in [-0.15, -0.1) is 0 Å². The summed E-state index contributed by atoms with van der Waals surface area (Å²) in [4.78, 5) is 0. The second-order valence-corrected chi connectivity index (χ2v) is 12.8. The van der Waals surface area contributed by atoms with Gasteiger partial charge in [0.05, 0.1) is 11.3 Å². The fourth-order valence-corrected chi connectivity index (χ4v) is 9.53. The molecule has 4 fully saturated rings. The largest absolute Gasteiger partial charge is 0.396 e. The number of aliphatic hydroxyl groups is 1. The zero-order valence-electron chi connectivity index (χ0n) is 21.1. The standard InChI is InChI=1S/C28H49N3O/c1-5-19-9-10-23-21-12-14-27(3)24(22(21)11-13-26(23,2)15-19)7-6-8-25(27)28(4,32)18-31-17-20(30)16-29/h16-17,19,21-25,29,31-32H,5-15,18,30H2,1-4H3/b20-17+,29-16?/t19-,21?,22+,23+,24?,25?,26+,27-,28-/m0/s1. The van der Waals surface area contributed by atoms with Crippen LogP contribution in [0.5, 0.6) is 0 Å². The first-order valence-corrected chi connectivity index (χ1v) is 13.6. The van der Waals surface area contributed by atoms with E-state index in [2.05, 4.69) is 26.1 Å². The van der Waals surface area contributed by atoms with E-state index in [1.54, 1.807) is 6.20 Å². The number of nitrogens with one attached hydrogen (secondary N) is 2. The Kier molecular flexibility index (Phi) is 6.75. The van der Waals surface area contributed by atoms with E-state index in [1.807, 2.05) is 6.92 Å². The summed E-state index contributed by atoms with van der Waals surface area (Å²) in [6.07, 6.45) is 17.8. The van der Waals surface area contributed by atoms with Crippen molar-refractivity contribution in [2.45, 2.75) is 104 Å². The summed E-state index contributed by atoms with van der Waals surface area (Å²) in [7, 11) is 0. The minimum absolute atomic E-state index is 0.232. The van der Waals surface area contributed by atoms with Crippen molar-refractivity contribution in [3.05, 3.63) is 11.9 Å². The van der Waals surface area contributed by atoms with Gasteiger partial charge in [-0.2, -0.15) is 0 Å². The van der Waals surface area contributed by atoms with Crippen LogP contribution in [0.3, 0.4) is 0 Å². The number of fused-ring (bicyclic) bond motifs is 5. The first-order valence-electron chi connectivity index (χ1n) is 13.6. The monoisotopic (exact) mass is 443 g/mol. The number of hydrogen-bond acceptors (Lipinski definition) is 4. The fourth-order valence-electron chi connectivity index (χ4n) is 9.53. The van der Waals surface area contributed by atoms with E-state index in [-0.39, 0.29) is 5.41 Å². The van der Waals surface area contributed by atoms with Crippen LogP contribution in [0.25, 0.3) is 0 Å². The van der Waals surface area contributed by atoms with Crippen molar-refractivity contribution in [3.8, 4) is 0 Å². The summed E-state index contributed by atoms with van der Waals surface area (Å²) in [6, 6.07) is 0. The molecule has 0 aromatic heterocycles. The van der Waals surface area contributed by atoms with Crippen LogP contribution in [-0.4, -0.2) is 23.5 Å². The van der Waals surface area contributed by atoms with Gasteiger partial charge in [0.2, 0.25) is 0 Å². The SMILES string of the molecule is CC[C@H]1CC[C@@H]2C3CC[C@@]4(C)C(CCCC4[C@@](C)(O)CN/C=C(/N)C=N)[C@@H]3CC[C@]2(C)C1. The van der Waals surface area contributed by atoms with E-state index in [4.69, 9.17) is 11.1 Å². The van der Waals surface area contributed by atoms with E-state index in [9.17, 15) is 5.11 Å². The van der Waals surface area contributed by atoms with Gasteiger partial charge in [-0.25, -0.2) is 0 Å². The first kappa shape index (κ1) is 24.1. The van der Waals surface area contributed by atoms with Crippen LogP contribution in [-0.2, 0) is 0 Å². The number of rotatable bonds is 6. The molecule has 4 saturated carbocycles. The van der Waals surface area contributed by atoms with Gasteiger partial charge in [0.25, 0.3) is 0 Å². The third-order valence-electron chi connectivity index (χ3n) is 11.1. The first-order chi connectivity index (χ1) is 15.1. The molecule has 3 unspecified atom stereocenters. The van der Waals surface area contributed by atoms with Crippen LogP contribution in [0.4, 0.5) is 0 Å². The maximum absolute atomic E-state index is 11.6. The van der Waals surface area contributed by atoms with Crippen LogP contribution >= 0.6 is 0 Å². The summed E-state index contributed by atoms with van der Waals surface area (Å²) in [5, 5.41) is 22.1. The molecule has 0 amide bonds. The predicted molar refractivity (Wildman–Crippen MR) is 133 cm³/mol. The fraction of sp³-hybridized carbons (Fsp3) is 0.893. The zero-order valence-corrected chi connectivity index (χ0v) is 21.1. The molecule has 0 aliphatic heterocycles. The topological polar surface area (TPSA) is 82.1 Å². The molecule has 182 valence electrons. The Labute approximate surface area is 196 Å². The number of nitrogens with two attached hydrogens (primary N) is 1. The van der Waals surface area contributed by atoms with Gasteiger partial charge in [-0.1, -0.05) is 40.0 Å². The highest BCUT2D eigenvalue weighted by atomic mass is 16.3. The average molecular weight is 444 g/mol. The lowest BCUT2D eigenvalue weighted by molar-refractivity contribution is -0.170. The minimum Gasteiger partial charge on any atom is -0.396 e. The molecular weight excluding hydrogens is 394 g/mol. The van der Waals surface area contributed by atoms with Gasteiger partial charge in [0.15, 0.2) is 0 Å². The van der Waals surface area contributed by atoms with Crippen LogP contribution in [0.2, 0.25) is 0 Å². The molecule has 0 radical (unpaired) electrons. The Hall–Kier alpha value is -1.03. The summed E-state index contributed by atoms with van der Waals surface area (Å²) >= 11 is 0. The maximum atomic E-state index is 11.6. The predicted octanol–water partition coefficient (Wildman–Crippen LogP) is 5.85. The van der Waals surface area contributed by atoms with Gasteiger partial charge in [0, 0.05) is 19.0 Å². The van der Waals surface area contributed by atoms with Gasteiger partial charge in [0.1, 0.15) is 0 Å². The Bertz CT molecular complexity index is 717. The van der Waals surface area contributed by atoms with Crippen LogP contribution in [0.15, 0.2) is 11.9 Å². The molecule has 0 aromatic rings. The molecular formula is C28H49N3O. The third kappa shape index (κ3) is 4.14. The average Bonchev–Trinajstić information content (AvgIpc) is 2.76. The minimum atomic E-state index is -0.762. The van der Waals surface area contributed by atoms with Gasteiger partial charge < -0.3 is 21.6 Å². The van der Waals surface area contributed by atoms with E-state index >= 15 is 0 Å². The second kappa shape index (κ2) is 8.96. The number of allylic oxidation sites excluding steroid dienone is 1. The molecule has 0 saturated heterocycles.